The monoisotopic (exact) mass is 390 g/mol. The number of rotatable bonds is 18. The molecule has 0 atom stereocenters. The van der Waals surface area contributed by atoms with E-state index in [1.807, 2.05) is 0 Å². The highest BCUT2D eigenvalue weighted by atomic mass is 16.5. The van der Waals surface area contributed by atoms with E-state index in [2.05, 4.69) is 6.92 Å². The summed E-state index contributed by atoms with van der Waals surface area (Å²) in [6, 6.07) is 0. The van der Waals surface area contributed by atoms with Crippen LogP contribution in [0.2, 0.25) is 0 Å². The van der Waals surface area contributed by atoms with Crippen molar-refractivity contribution in [2.45, 2.75) is 122 Å². The van der Waals surface area contributed by atoms with Gasteiger partial charge in [-0.25, -0.2) is 0 Å². The van der Waals surface area contributed by atoms with Crippen LogP contribution in [-0.2, 0) is 9.59 Å². The summed E-state index contributed by atoms with van der Waals surface area (Å²) < 4.78 is 0. The van der Waals surface area contributed by atoms with E-state index in [0.717, 1.165) is 32.1 Å². The van der Waals surface area contributed by atoms with Gasteiger partial charge in [0.15, 0.2) is 6.29 Å². The zero-order chi connectivity index (χ0) is 20.8. The first kappa shape index (κ1) is 28.1. The van der Waals surface area contributed by atoms with Gasteiger partial charge < -0.3 is 20.4 Å². The van der Waals surface area contributed by atoms with Crippen molar-refractivity contribution in [3.05, 3.63) is 0 Å². The lowest BCUT2D eigenvalue weighted by molar-refractivity contribution is -0.138. The molecule has 0 aliphatic carbocycles. The summed E-state index contributed by atoms with van der Waals surface area (Å²) in [6.07, 6.45) is 15.4. The van der Waals surface area contributed by atoms with Crippen molar-refractivity contribution in [2.75, 3.05) is 0 Å². The highest BCUT2D eigenvalue weighted by Crippen LogP contribution is 2.10. The molecule has 0 aliphatic heterocycles. The number of carboxylic acid groups (broad SMARTS) is 2. The molecular formula is C21H42O6. The molecule has 0 spiro atoms. The molecule has 0 rings (SSSR count). The molecule has 0 saturated carbocycles. The fourth-order valence-corrected chi connectivity index (χ4v) is 2.72. The van der Waals surface area contributed by atoms with Crippen LogP contribution < -0.4 is 0 Å². The maximum Gasteiger partial charge on any atom is 0.303 e. The quantitative estimate of drug-likeness (QED) is 0.191. The Bertz CT molecular complexity index is 313. The Balaban J connectivity index is 0. The van der Waals surface area contributed by atoms with Crippen LogP contribution in [0, 0.1) is 0 Å². The Morgan fingerprint density at radius 3 is 1.26 bits per heavy atom. The van der Waals surface area contributed by atoms with Crippen molar-refractivity contribution in [2.24, 2.45) is 0 Å². The van der Waals surface area contributed by atoms with E-state index in [-0.39, 0.29) is 12.8 Å². The summed E-state index contributed by atoms with van der Waals surface area (Å²) in [6.45, 7) is 2.24. The number of carbonyl (C=O) groups is 2. The molecule has 0 aromatic rings. The number of aliphatic carboxylic acids is 2. The molecule has 0 fully saturated rings. The Kier molecular flexibility index (Phi) is 23.8. The highest BCUT2D eigenvalue weighted by Gasteiger charge is 1.98. The van der Waals surface area contributed by atoms with Gasteiger partial charge in [-0.1, -0.05) is 77.6 Å². The molecule has 0 aliphatic rings. The third kappa shape index (κ3) is 32.9. The van der Waals surface area contributed by atoms with Gasteiger partial charge in [-0.3, -0.25) is 9.59 Å². The van der Waals surface area contributed by atoms with Crippen LogP contribution >= 0.6 is 0 Å². The molecule has 0 saturated heterocycles. The van der Waals surface area contributed by atoms with Crippen molar-refractivity contribution in [3.63, 3.8) is 0 Å². The van der Waals surface area contributed by atoms with Crippen molar-refractivity contribution >= 4 is 11.9 Å². The highest BCUT2D eigenvalue weighted by molar-refractivity contribution is 5.66. The predicted octanol–water partition coefficient (Wildman–Crippen LogP) is 5.10. The molecule has 0 radical (unpaired) electrons. The molecule has 0 bridgehead atoms. The Morgan fingerprint density at radius 2 is 0.926 bits per heavy atom. The van der Waals surface area contributed by atoms with Crippen LogP contribution in [0.5, 0.6) is 0 Å². The summed E-state index contributed by atoms with van der Waals surface area (Å²) in [5.74, 6) is -1.52. The molecule has 162 valence electrons. The average molecular weight is 391 g/mol. The largest absolute Gasteiger partial charge is 0.481 e. The van der Waals surface area contributed by atoms with E-state index in [1.54, 1.807) is 0 Å². The lowest BCUT2D eigenvalue weighted by Crippen LogP contribution is -2.02. The number of hydrogen-bond donors (Lipinski definition) is 4. The molecule has 4 N–H and O–H groups in total. The van der Waals surface area contributed by atoms with Crippen LogP contribution in [0.15, 0.2) is 0 Å². The molecule has 0 heterocycles. The number of aliphatic hydroxyl groups excluding tert-OH is 1. The third-order valence-corrected chi connectivity index (χ3v) is 4.35. The Hall–Kier alpha value is -1.14. The first-order valence-electron chi connectivity index (χ1n) is 10.7. The lowest BCUT2D eigenvalue weighted by atomic mass is 10.1. The molecule has 0 unspecified atom stereocenters. The Labute approximate surface area is 165 Å². The minimum Gasteiger partial charge on any atom is -0.481 e. The number of hydrogen-bond acceptors (Lipinski definition) is 4. The van der Waals surface area contributed by atoms with Gasteiger partial charge >= 0.3 is 11.9 Å². The van der Waals surface area contributed by atoms with Gasteiger partial charge in [-0.2, -0.15) is 0 Å². The second kappa shape index (κ2) is 22.9. The van der Waals surface area contributed by atoms with Gasteiger partial charge in [0.2, 0.25) is 0 Å². The molecule has 0 aromatic heterocycles. The maximum atomic E-state index is 10.1. The van der Waals surface area contributed by atoms with Gasteiger partial charge in [0, 0.05) is 12.8 Å². The molecule has 0 aromatic carbocycles. The van der Waals surface area contributed by atoms with E-state index in [1.165, 1.54) is 44.9 Å². The van der Waals surface area contributed by atoms with Gasteiger partial charge in [0.05, 0.1) is 0 Å². The first-order chi connectivity index (χ1) is 12.9. The molecule has 0 amide bonds. The number of carboxylic acids is 2. The van der Waals surface area contributed by atoms with Crippen molar-refractivity contribution in [1.82, 2.24) is 0 Å². The smallest absolute Gasteiger partial charge is 0.303 e. The topological polar surface area (TPSA) is 115 Å². The second-order valence-corrected chi connectivity index (χ2v) is 7.15. The minimum atomic E-state index is -1.10. The third-order valence-electron chi connectivity index (χ3n) is 4.35. The van der Waals surface area contributed by atoms with Crippen LogP contribution in [-0.4, -0.2) is 38.7 Å². The van der Waals surface area contributed by atoms with Crippen LogP contribution in [0.1, 0.15) is 116 Å². The van der Waals surface area contributed by atoms with Gasteiger partial charge in [0.1, 0.15) is 0 Å². The standard InChI is InChI=1S/C12H26O2.C9H16O4/c1-2-3-4-5-6-7-8-9-10-11-12(13)14;10-8(11)6-4-2-1-3-5-7-9(12)13/h12-14H,2-11H2,1H3;1-7H2,(H,10,11)(H,12,13). The van der Waals surface area contributed by atoms with Crippen molar-refractivity contribution in [1.29, 1.82) is 0 Å². The second-order valence-electron chi connectivity index (χ2n) is 7.15. The van der Waals surface area contributed by atoms with Crippen LogP contribution in [0.25, 0.3) is 0 Å². The van der Waals surface area contributed by atoms with E-state index < -0.39 is 18.2 Å². The minimum absolute atomic E-state index is 0.221. The van der Waals surface area contributed by atoms with Gasteiger partial charge in [-0.15, -0.1) is 0 Å². The van der Waals surface area contributed by atoms with Crippen molar-refractivity contribution in [3.8, 4) is 0 Å². The van der Waals surface area contributed by atoms with E-state index in [4.69, 9.17) is 20.4 Å². The summed E-state index contributed by atoms with van der Waals surface area (Å²) in [5.41, 5.74) is 0. The van der Waals surface area contributed by atoms with E-state index in [0.29, 0.717) is 19.3 Å². The Morgan fingerprint density at radius 1 is 0.593 bits per heavy atom. The summed E-state index contributed by atoms with van der Waals surface area (Å²) in [7, 11) is 0. The van der Waals surface area contributed by atoms with Crippen molar-refractivity contribution < 1.29 is 30.0 Å². The van der Waals surface area contributed by atoms with Gasteiger partial charge in [0.25, 0.3) is 0 Å². The maximum absolute atomic E-state index is 10.1. The SMILES string of the molecule is CCCCCCCCCCCC(O)O.O=C(O)CCCCCCCC(=O)O. The molecule has 6 heteroatoms. The molecule has 6 nitrogen and oxygen atoms in total. The number of aliphatic hydroxyl groups is 2. The van der Waals surface area contributed by atoms with E-state index >= 15 is 0 Å². The first-order valence-corrected chi connectivity index (χ1v) is 10.7. The zero-order valence-corrected chi connectivity index (χ0v) is 17.2. The van der Waals surface area contributed by atoms with Crippen LogP contribution in [0.3, 0.4) is 0 Å². The molecule has 27 heavy (non-hydrogen) atoms. The van der Waals surface area contributed by atoms with Gasteiger partial charge in [-0.05, 0) is 25.7 Å². The fourth-order valence-electron chi connectivity index (χ4n) is 2.72. The predicted molar refractivity (Wildman–Crippen MR) is 108 cm³/mol. The fraction of sp³-hybridized carbons (Fsp3) is 0.905. The summed E-state index contributed by atoms with van der Waals surface area (Å²) in [5, 5.41) is 33.8. The molecular weight excluding hydrogens is 348 g/mol. The van der Waals surface area contributed by atoms with Crippen LogP contribution in [0.4, 0.5) is 0 Å². The number of unbranched alkanes of at least 4 members (excludes halogenated alkanes) is 12. The average Bonchev–Trinajstić information content (AvgIpc) is 2.59. The summed E-state index contributed by atoms with van der Waals surface area (Å²) in [4.78, 5) is 20.2. The zero-order valence-electron chi connectivity index (χ0n) is 17.2. The van der Waals surface area contributed by atoms with E-state index in [9.17, 15) is 9.59 Å². The lowest BCUT2D eigenvalue weighted by Gasteiger charge is -2.03. The summed E-state index contributed by atoms with van der Waals surface area (Å²) >= 11 is 0. The normalized spacial score (nSPS) is 10.5.